The van der Waals surface area contributed by atoms with Gasteiger partial charge in [-0.2, -0.15) is 4.98 Å². The number of hydrogen-bond acceptors (Lipinski definition) is 5. The highest BCUT2D eigenvalue weighted by molar-refractivity contribution is 7.22. The molecule has 1 N–H and O–H groups in total. The molecule has 6 heteroatoms. The zero-order chi connectivity index (χ0) is 14.3. The van der Waals surface area contributed by atoms with E-state index < -0.39 is 0 Å². The Morgan fingerprint density at radius 2 is 1.95 bits per heavy atom. The minimum absolute atomic E-state index is 0.157. The third kappa shape index (κ3) is 2.30. The number of fused-ring (bicyclic) bond motifs is 1. The van der Waals surface area contributed by atoms with Crippen LogP contribution in [0.1, 0.15) is 0 Å². The minimum atomic E-state index is 0.157. The van der Waals surface area contributed by atoms with Crippen molar-refractivity contribution in [3.8, 4) is 17.0 Å². The van der Waals surface area contributed by atoms with Crippen molar-refractivity contribution in [3.05, 3.63) is 35.4 Å². The van der Waals surface area contributed by atoms with Gasteiger partial charge in [-0.25, -0.2) is 4.98 Å². The number of aromatic nitrogens is 2. The van der Waals surface area contributed by atoms with Crippen LogP contribution in [0.2, 0.25) is 5.02 Å². The second-order valence-corrected chi connectivity index (χ2v) is 6.02. The smallest absolute Gasteiger partial charge is 0.187 e. The first-order chi connectivity index (χ1) is 9.54. The average molecular weight is 306 g/mol. The molecule has 0 fully saturated rings. The second kappa shape index (κ2) is 4.92. The number of benzene rings is 1. The molecule has 0 atom stereocenters. The highest BCUT2D eigenvalue weighted by Gasteiger charge is 2.11. The third-order valence-corrected chi connectivity index (χ3v) is 4.27. The Bertz CT molecular complexity index is 785. The normalized spacial score (nSPS) is 10.9. The standard InChI is InChI=1S/C14H12ClN3OS/c1-18(2)14-17-13-12(20-14)6-4-10(16-13)9-7-8(15)3-5-11(9)19/h3-7,19H,1-2H3. The van der Waals surface area contributed by atoms with Crippen molar-refractivity contribution in [2.24, 2.45) is 0 Å². The summed E-state index contributed by atoms with van der Waals surface area (Å²) in [5, 5.41) is 11.4. The fourth-order valence-corrected chi connectivity index (χ4v) is 2.86. The highest BCUT2D eigenvalue weighted by Crippen LogP contribution is 2.33. The molecule has 1 aromatic carbocycles. The van der Waals surface area contributed by atoms with E-state index in [2.05, 4.69) is 9.97 Å². The summed E-state index contributed by atoms with van der Waals surface area (Å²) in [6.07, 6.45) is 0. The molecule has 3 rings (SSSR count). The second-order valence-electron chi connectivity index (χ2n) is 4.57. The van der Waals surface area contributed by atoms with Gasteiger partial charge in [-0.05, 0) is 30.3 Å². The fraction of sp³-hybridized carbons (Fsp3) is 0.143. The molecule has 0 saturated carbocycles. The maximum atomic E-state index is 9.93. The number of nitrogens with zero attached hydrogens (tertiary/aromatic N) is 3. The SMILES string of the molecule is CN(C)c1nc2nc(-c3cc(Cl)ccc3O)ccc2s1. The van der Waals surface area contributed by atoms with Gasteiger partial charge in [0.1, 0.15) is 5.75 Å². The lowest BCUT2D eigenvalue weighted by molar-refractivity contribution is 0.477. The summed E-state index contributed by atoms with van der Waals surface area (Å²) in [4.78, 5) is 10.9. The molecule has 0 aliphatic heterocycles. The third-order valence-electron chi connectivity index (χ3n) is 2.86. The van der Waals surface area contributed by atoms with Crippen molar-refractivity contribution in [2.75, 3.05) is 19.0 Å². The molecule has 0 bridgehead atoms. The molecule has 102 valence electrons. The van der Waals surface area contributed by atoms with Crippen LogP contribution in [0.25, 0.3) is 21.6 Å². The van der Waals surface area contributed by atoms with Gasteiger partial charge in [0.15, 0.2) is 10.8 Å². The fourth-order valence-electron chi connectivity index (χ4n) is 1.86. The zero-order valence-electron chi connectivity index (χ0n) is 11.0. The number of phenolic OH excluding ortho intramolecular Hbond substituents is 1. The molecule has 0 spiro atoms. The van der Waals surface area contributed by atoms with Crippen molar-refractivity contribution >= 4 is 38.4 Å². The number of aromatic hydroxyl groups is 1. The van der Waals surface area contributed by atoms with E-state index in [1.807, 2.05) is 31.1 Å². The predicted octanol–water partition coefficient (Wildman–Crippen LogP) is 3.78. The monoisotopic (exact) mass is 305 g/mol. The van der Waals surface area contributed by atoms with Crippen LogP contribution >= 0.6 is 22.9 Å². The van der Waals surface area contributed by atoms with E-state index >= 15 is 0 Å². The topological polar surface area (TPSA) is 49.2 Å². The number of pyridine rings is 1. The molecule has 0 aliphatic carbocycles. The number of phenols is 1. The van der Waals surface area contributed by atoms with E-state index in [1.54, 1.807) is 29.5 Å². The Morgan fingerprint density at radius 1 is 1.15 bits per heavy atom. The summed E-state index contributed by atoms with van der Waals surface area (Å²) >= 11 is 7.55. The molecule has 0 unspecified atom stereocenters. The predicted molar refractivity (Wildman–Crippen MR) is 83.9 cm³/mol. The van der Waals surface area contributed by atoms with Crippen molar-refractivity contribution in [3.63, 3.8) is 0 Å². The van der Waals surface area contributed by atoms with Crippen LogP contribution < -0.4 is 4.90 Å². The highest BCUT2D eigenvalue weighted by atomic mass is 35.5. The minimum Gasteiger partial charge on any atom is -0.507 e. The molecule has 0 saturated heterocycles. The summed E-state index contributed by atoms with van der Waals surface area (Å²) in [6, 6.07) is 8.74. The van der Waals surface area contributed by atoms with Crippen LogP contribution in [0.15, 0.2) is 30.3 Å². The van der Waals surface area contributed by atoms with Gasteiger partial charge in [0, 0.05) is 24.7 Å². The number of thiazole rings is 1. The maximum Gasteiger partial charge on any atom is 0.187 e. The van der Waals surface area contributed by atoms with E-state index in [-0.39, 0.29) is 5.75 Å². The molecule has 2 heterocycles. The first-order valence-electron chi connectivity index (χ1n) is 5.98. The molecular formula is C14H12ClN3OS. The van der Waals surface area contributed by atoms with E-state index in [0.717, 1.165) is 9.83 Å². The molecule has 2 aromatic heterocycles. The van der Waals surface area contributed by atoms with Crippen LogP contribution in [0.5, 0.6) is 5.75 Å². The van der Waals surface area contributed by atoms with Crippen LogP contribution in [0.4, 0.5) is 5.13 Å². The van der Waals surface area contributed by atoms with Crippen LogP contribution in [0, 0.1) is 0 Å². The van der Waals surface area contributed by atoms with Crippen molar-refractivity contribution in [2.45, 2.75) is 0 Å². The molecule has 0 radical (unpaired) electrons. The first kappa shape index (κ1) is 13.1. The Hall–Kier alpha value is -1.85. The van der Waals surface area contributed by atoms with Crippen molar-refractivity contribution in [1.29, 1.82) is 0 Å². The van der Waals surface area contributed by atoms with Crippen LogP contribution in [0.3, 0.4) is 0 Å². The lowest BCUT2D eigenvalue weighted by Crippen LogP contribution is -2.07. The van der Waals surface area contributed by atoms with Gasteiger partial charge in [-0.15, -0.1) is 0 Å². The lowest BCUT2D eigenvalue weighted by Gasteiger charge is -2.04. The number of anilines is 1. The molecular weight excluding hydrogens is 294 g/mol. The summed E-state index contributed by atoms with van der Waals surface area (Å²) < 4.78 is 1.01. The summed E-state index contributed by atoms with van der Waals surface area (Å²) in [7, 11) is 3.89. The van der Waals surface area contributed by atoms with Crippen LogP contribution in [-0.4, -0.2) is 29.2 Å². The first-order valence-corrected chi connectivity index (χ1v) is 7.18. The zero-order valence-corrected chi connectivity index (χ0v) is 12.5. The Kier molecular flexibility index (Phi) is 3.23. The summed E-state index contributed by atoms with van der Waals surface area (Å²) in [6.45, 7) is 0. The van der Waals surface area contributed by atoms with E-state index in [1.165, 1.54) is 0 Å². The van der Waals surface area contributed by atoms with Gasteiger partial charge in [0.2, 0.25) is 0 Å². The molecule has 3 aromatic rings. The average Bonchev–Trinajstić information content (AvgIpc) is 2.84. The molecule has 20 heavy (non-hydrogen) atoms. The molecule has 0 amide bonds. The van der Waals surface area contributed by atoms with Gasteiger partial charge in [-0.1, -0.05) is 22.9 Å². The van der Waals surface area contributed by atoms with Gasteiger partial charge >= 0.3 is 0 Å². The van der Waals surface area contributed by atoms with E-state index in [0.29, 0.717) is 21.9 Å². The molecule has 0 aliphatic rings. The maximum absolute atomic E-state index is 9.93. The number of halogens is 1. The van der Waals surface area contributed by atoms with Gasteiger partial charge in [0.25, 0.3) is 0 Å². The van der Waals surface area contributed by atoms with E-state index in [9.17, 15) is 5.11 Å². The van der Waals surface area contributed by atoms with E-state index in [4.69, 9.17) is 11.6 Å². The molecule has 4 nitrogen and oxygen atoms in total. The largest absolute Gasteiger partial charge is 0.507 e. The Labute approximate surface area is 125 Å². The number of hydrogen-bond donors (Lipinski definition) is 1. The summed E-state index contributed by atoms with van der Waals surface area (Å²) in [5.74, 6) is 0.157. The Balaban J connectivity index is 2.15. The summed E-state index contributed by atoms with van der Waals surface area (Å²) in [5.41, 5.74) is 1.95. The lowest BCUT2D eigenvalue weighted by atomic mass is 10.1. The van der Waals surface area contributed by atoms with Crippen LogP contribution in [-0.2, 0) is 0 Å². The van der Waals surface area contributed by atoms with Gasteiger partial charge in [0.05, 0.1) is 10.4 Å². The Morgan fingerprint density at radius 3 is 2.70 bits per heavy atom. The van der Waals surface area contributed by atoms with Crippen molar-refractivity contribution < 1.29 is 5.11 Å². The van der Waals surface area contributed by atoms with Crippen molar-refractivity contribution in [1.82, 2.24) is 9.97 Å². The number of rotatable bonds is 2. The van der Waals surface area contributed by atoms with Gasteiger partial charge < -0.3 is 10.0 Å². The van der Waals surface area contributed by atoms with Gasteiger partial charge in [-0.3, -0.25) is 0 Å². The quantitative estimate of drug-likeness (QED) is 0.782.